The van der Waals surface area contributed by atoms with Crippen molar-refractivity contribution in [3.05, 3.63) is 36.2 Å². The Kier molecular flexibility index (Phi) is 4.71. The fraction of sp³-hybridized carbons (Fsp3) is 0.471. The van der Waals surface area contributed by atoms with Gasteiger partial charge >= 0.3 is 0 Å². The van der Waals surface area contributed by atoms with Crippen molar-refractivity contribution in [3.8, 4) is 11.4 Å². The normalized spacial score (nSPS) is 19.6. The van der Waals surface area contributed by atoms with Crippen LogP contribution in [0.1, 0.15) is 37.9 Å². The maximum absolute atomic E-state index is 12.2. The van der Waals surface area contributed by atoms with Crippen molar-refractivity contribution < 1.29 is 4.79 Å². The fourth-order valence-electron chi connectivity index (χ4n) is 3.00. The van der Waals surface area contributed by atoms with E-state index in [2.05, 4.69) is 15.2 Å². The summed E-state index contributed by atoms with van der Waals surface area (Å²) in [5, 5.41) is 7.37. The van der Waals surface area contributed by atoms with E-state index in [1.165, 1.54) is 0 Å². The average molecular weight is 313 g/mol. The van der Waals surface area contributed by atoms with Gasteiger partial charge in [-0.25, -0.2) is 4.98 Å². The quantitative estimate of drug-likeness (QED) is 0.902. The van der Waals surface area contributed by atoms with Crippen molar-refractivity contribution in [1.29, 1.82) is 0 Å². The lowest BCUT2D eigenvalue weighted by atomic mass is 9.97. The zero-order valence-electron chi connectivity index (χ0n) is 13.4. The van der Waals surface area contributed by atoms with Crippen molar-refractivity contribution >= 4 is 5.91 Å². The molecule has 3 rings (SSSR count). The zero-order valence-corrected chi connectivity index (χ0v) is 13.4. The Bertz CT molecular complexity index is 652. The smallest absolute Gasteiger partial charge is 0.224 e. The van der Waals surface area contributed by atoms with Crippen molar-refractivity contribution in [1.82, 2.24) is 20.1 Å². The van der Waals surface area contributed by atoms with Gasteiger partial charge in [0.2, 0.25) is 5.91 Å². The van der Waals surface area contributed by atoms with E-state index in [0.717, 1.165) is 30.8 Å². The first kappa shape index (κ1) is 15.7. The van der Waals surface area contributed by atoms with Crippen molar-refractivity contribution in [2.75, 3.05) is 13.1 Å². The Morgan fingerprint density at radius 3 is 2.96 bits per heavy atom. The molecule has 122 valence electrons. The molecule has 0 aliphatic carbocycles. The monoisotopic (exact) mass is 313 g/mol. The third kappa shape index (κ3) is 3.76. The summed E-state index contributed by atoms with van der Waals surface area (Å²) in [4.78, 5) is 18.7. The molecular weight excluding hydrogens is 290 g/mol. The number of nitrogens with two attached hydrogens (primary N) is 1. The molecule has 2 unspecified atom stereocenters. The first-order chi connectivity index (χ1) is 11.1. The number of aromatic nitrogens is 3. The molecule has 1 fully saturated rings. The van der Waals surface area contributed by atoms with E-state index in [1.807, 2.05) is 42.2 Å². The topological polar surface area (TPSA) is 87.9 Å². The molecule has 0 spiro atoms. The van der Waals surface area contributed by atoms with Gasteiger partial charge in [0, 0.05) is 37.0 Å². The molecule has 3 N–H and O–H groups in total. The SMILES string of the molecule is CC(N)CC(=O)N1CCCC(c2nc(-c3ccccc3)n[nH]2)C1. The second-order valence-corrected chi connectivity index (χ2v) is 6.27. The lowest BCUT2D eigenvalue weighted by Gasteiger charge is -2.32. The summed E-state index contributed by atoms with van der Waals surface area (Å²) in [5.41, 5.74) is 6.73. The molecular formula is C17H23N5O. The van der Waals surface area contributed by atoms with Gasteiger partial charge in [0.05, 0.1) is 0 Å². The van der Waals surface area contributed by atoms with E-state index >= 15 is 0 Å². The number of H-pyrrole nitrogens is 1. The van der Waals surface area contributed by atoms with Crippen LogP contribution in [-0.2, 0) is 4.79 Å². The lowest BCUT2D eigenvalue weighted by Crippen LogP contribution is -2.41. The van der Waals surface area contributed by atoms with Gasteiger partial charge in [-0.15, -0.1) is 0 Å². The third-order valence-electron chi connectivity index (χ3n) is 4.19. The van der Waals surface area contributed by atoms with E-state index < -0.39 is 0 Å². The number of amides is 1. The number of hydrogen-bond acceptors (Lipinski definition) is 4. The molecule has 6 nitrogen and oxygen atoms in total. The Hall–Kier alpha value is -2.21. The minimum Gasteiger partial charge on any atom is -0.342 e. The molecule has 1 saturated heterocycles. The number of nitrogens with one attached hydrogen (secondary N) is 1. The molecule has 23 heavy (non-hydrogen) atoms. The molecule has 1 aliphatic heterocycles. The van der Waals surface area contributed by atoms with Crippen molar-refractivity contribution in [2.24, 2.45) is 5.73 Å². The number of rotatable bonds is 4. The fourth-order valence-corrected chi connectivity index (χ4v) is 3.00. The van der Waals surface area contributed by atoms with Crippen LogP contribution in [0.5, 0.6) is 0 Å². The van der Waals surface area contributed by atoms with E-state index in [0.29, 0.717) is 18.8 Å². The Labute approximate surface area is 136 Å². The maximum atomic E-state index is 12.2. The van der Waals surface area contributed by atoms with Gasteiger partial charge < -0.3 is 10.6 Å². The number of piperidine rings is 1. The molecule has 0 bridgehead atoms. The summed E-state index contributed by atoms with van der Waals surface area (Å²) in [6, 6.07) is 9.80. The molecule has 1 aliphatic rings. The third-order valence-corrected chi connectivity index (χ3v) is 4.19. The van der Waals surface area contributed by atoms with Crippen LogP contribution in [0.2, 0.25) is 0 Å². The maximum Gasteiger partial charge on any atom is 0.224 e. The molecule has 0 radical (unpaired) electrons. The molecule has 2 atom stereocenters. The van der Waals surface area contributed by atoms with Gasteiger partial charge in [-0.2, -0.15) is 5.10 Å². The van der Waals surface area contributed by atoms with Crippen LogP contribution in [0.3, 0.4) is 0 Å². The number of aromatic amines is 1. The van der Waals surface area contributed by atoms with Gasteiger partial charge in [-0.05, 0) is 19.8 Å². The van der Waals surface area contributed by atoms with Crippen LogP contribution >= 0.6 is 0 Å². The summed E-state index contributed by atoms with van der Waals surface area (Å²) in [5.74, 6) is 1.92. The molecule has 1 amide bonds. The first-order valence-corrected chi connectivity index (χ1v) is 8.14. The second kappa shape index (κ2) is 6.91. The predicted molar refractivity (Wildman–Crippen MR) is 88.6 cm³/mol. The molecule has 2 aromatic rings. The number of benzene rings is 1. The van der Waals surface area contributed by atoms with Crippen molar-refractivity contribution in [2.45, 2.75) is 38.1 Å². The van der Waals surface area contributed by atoms with E-state index in [-0.39, 0.29) is 17.9 Å². The Morgan fingerprint density at radius 2 is 2.22 bits per heavy atom. The van der Waals surface area contributed by atoms with Crippen LogP contribution in [0.25, 0.3) is 11.4 Å². The van der Waals surface area contributed by atoms with E-state index in [9.17, 15) is 4.79 Å². The molecule has 6 heteroatoms. The van der Waals surface area contributed by atoms with Gasteiger partial charge in [0.25, 0.3) is 0 Å². The number of likely N-dealkylation sites (tertiary alicyclic amines) is 1. The van der Waals surface area contributed by atoms with Crippen molar-refractivity contribution in [3.63, 3.8) is 0 Å². The highest BCUT2D eigenvalue weighted by molar-refractivity contribution is 5.77. The van der Waals surface area contributed by atoms with Crippen LogP contribution in [0, 0.1) is 0 Å². The molecule has 1 aromatic heterocycles. The van der Waals surface area contributed by atoms with Gasteiger partial charge in [-0.1, -0.05) is 30.3 Å². The molecule has 1 aromatic carbocycles. The molecule has 0 saturated carbocycles. The minimum atomic E-state index is -0.0992. The Morgan fingerprint density at radius 1 is 1.43 bits per heavy atom. The molecule has 2 heterocycles. The largest absolute Gasteiger partial charge is 0.342 e. The summed E-state index contributed by atoms with van der Waals surface area (Å²) >= 11 is 0. The Balaban J connectivity index is 1.70. The number of carbonyl (C=O) groups excluding carboxylic acids is 1. The number of hydrogen-bond donors (Lipinski definition) is 2. The number of nitrogens with zero attached hydrogens (tertiary/aromatic N) is 3. The summed E-state index contributed by atoms with van der Waals surface area (Å²) in [7, 11) is 0. The standard InChI is InChI=1S/C17H23N5O/c1-12(18)10-15(23)22-9-5-8-14(11-22)17-19-16(20-21-17)13-6-3-2-4-7-13/h2-4,6-7,12,14H,5,8-11,18H2,1H3,(H,19,20,21). The van der Waals surface area contributed by atoms with Gasteiger partial charge in [-0.3, -0.25) is 9.89 Å². The minimum absolute atomic E-state index is 0.0992. The number of carbonyl (C=O) groups is 1. The highest BCUT2D eigenvalue weighted by Crippen LogP contribution is 2.26. The highest BCUT2D eigenvalue weighted by Gasteiger charge is 2.27. The van der Waals surface area contributed by atoms with Crippen LogP contribution in [-0.4, -0.2) is 45.1 Å². The predicted octanol–water partition coefficient (Wildman–Crippen LogP) is 1.92. The summed E-state index contributed by atoms with van der Waals surface area (Å²) < 4.78 is 0. The highest BCUT2D eigenvalue weighted by atomic mass is 16.2. The lowest BCUT2D eigenvalue weighted by molar-refractivity contribution is -0.132. The van der Waals surface area contributed by atoms with E-state index in [1.54, 1.807) is 0 Å². The van der Waals surface area contributed by atoms with Crippen LogP contribution in [0.15, 0.2) is 30.3 Å². The second-order valence-electron chi connectivity index (χ2n) is 6.27. The van der Waals surface area contributed by atoms with Crippen LogP contribution in [0.4, 0.5) is 0 Å². The van der Waals surface area contributed by atoms with E-state index in [4.69, 9.17) is 5.73 Å². The summed E-state index contributed by atoms with van der Waals surface area (Å²) in [6.45, 7) is 3.36. The summed E-state index contributed by atoms with van der Waals surface area (Å²) in [6.07, 6.45) is 2.40. The zero-order chi connectivity index (χ0) is 16.2. The van der Waals surface area contributed by atoms with Crippen LogP contribution < -0.4 is 5.73 Å². The average Bonchev–Trinajstić information content (AvgIpc) is 3.05. The van der Waals surface area contributed by atoms with Gasteiger partial charge in [0.1, 0.15) is 5.82 Å². The first-order valence-electron chi connectivity index (χ1n) is 8.14. The van der Waals surface area contributed by atoms with Gasteiger partial charge in [0.15, 0.2) is 5.82 Å².